The SMILES string of the molecule is CC1(O)CN(c2ncc(C(=O)Nc3ccc(OC(F)(F)F)cc3)cc2-c2ncc[nH]2)C1. The molecule has 0 bridgehead atoms. The van der Waals surface area contributed by atoms with Crippen LogP contribution in [0.2, 0.25) is 0 Å². The molecule has 11 heteroatoms. The van der Waals surface area contributed by atoms with Gasteiger partial charge in [-0.05, 0) is 37.3 Å². The average Bonchev–Trinajstić information content (AvgIpc) is 3.20. The van der Waals surface area contributed by atoms with Gasteiger partial charge in [0.1, 0.15) is 17.4 Å². The number of pyridine rings is 1. The summed E-state index contributed by atoms with van der Waals surface area (Å²) in [4.78, 5) is 26.1. The molecule has 3 heterocycles. The number of aromatic nitrogens is 3. The Labute approximate surface area is 174 Å². The van der Waals surface area contributed by atoms with Crippen molar-refractivity contribution in [1.29, 1.82) is 0 Å². The van der Waals surface area contributed by atoms with Gasteiger partial charge in [0, 0.05) is 37.4 Å². The van der Waals surface area contributed by atoms with Gasteiger partial charge in [-0.3, -0.25) is 4.79 Å². The Balaban J connectivity index is 1.54. The molecule has 31 heavy (non-hydrogen) atoms. The Hall–Kier alpha value is -3.60. The van der Waals surface area contributed by atoms with Gasteiger partial charge < -0.3 is 25.0 Å². The van der Waals surface area contributed by atoms with Crippen LogP contribution in [0.1, 0.15) is 17.3 Å². The van der Waals surface area contributed by atoms with Gasteiger partial charge in [0.25, 0.3) is 5.91 Å². The largest absolute Gasteiger partial charge is 0.573 e. The number of rotatable bonds is 5. The Kier molecular flexibility index (Phi) is 5.05. The number of amides is 1. The first-order valence-corrected chi connectivity index (χ1v) is 9.24. The van der Waals surface area contributed by atoms with Gasteiger partial charge >= 0.3 is 6.36 Å². The minimum absolute atomic E-state index is 0.234. The van der Waals surface area contributed by atoms with E-state index in [4.69, 9.17) is 0 Å². The van der Waals surface area contributed by atoms with E-state index in [-0.39, 0.29) is 11.3 Å². The molecule has 1 aliphatic heterocycles. The van der Waals surface area contributed by atoms with E-state index in [0.29, 0.717) is 36.0 Å². The van der Waals surface area contributed by atoms with Crippen LogP contribution in [0.5, 0.6) is 5.75 Å². The number of aliphatic hydroxyl groups is 1. The minimum Gasteiger partial charge on any atom is -0.406 e. The van der Waals surface area contributed by atoms with Crippen molar-refractivity contribution in [3.8, 4) is 17.1 Å². The first kappa shape index (κ1) is 20.7. The lowest BCUT2D eigenvalue weighted by Crippen LogP contribution is -2.60. The van der Waals surface area contributed by atoms with Gasteiger partial charge in [-0.1, -0.05) is 0 Å². The molecule has 8 nitrogen and oxygen atoms in total. The lowest BCUT2D eigenvalue weighted by atomic mass is 9.96. The van der Waals surface area contributed by atoms with Crippen molar-refractivity contribution in [3.63, 3.8) is 0 Å². The van der Waals surface area contributed by atoms with E-state index in [1.54, 1.807) is 25.4 Å². The first-order chi connectivity index (χ1) is 14.6. The van der Waals surface area contributed by atoms with Gasteiger partial charge in [0.05, 0.1) is 16.7 Å². The van der Waals surface area contributed by atoms with Crippen LogP contribution < -0.4 is 15.0 Å². The summed E-state index contributed by atoms with van der Waals surface area (Å²) in [5, 5.41) is 12.6. The Morgan fingerprint density at radius 3 is 2.55 bits per heavy atom. The molecule has 0 radical (unpaired) electrons. The summed E-state index contributed by atoms with van der Waals surface area (Å²) in [6.45, 7) is 2.51. The van der Waals surface area contributed by atoms with Crippen LogP contribution >= 0.6 is 0 Å². The number of H-pyrrole nitrogens is 1. The quantitative estimate of drug-likeness (QED) is 0.571. The zero-order valence-corrected chi connectivity index (χ0v) is 16.3. The van der Waals surface area contributed by atoms with Crippen molar-refractivity contribution in [3.05, 3.63) is 54.5 Å². The average molecular weight is 433 g/mol. The monoisotopic (exact) mass is 433 g/mol. The summed E-state index contributed by atoms with van der Waals surface area (Å²) in [5.74, 6) is 0.207. The second kappa shape index (κ2) is 7.58. The molecule has 162 valence electrons. The summed E-state index contributed by atoms with van der Waals surface area (Å²) in [6.07, 6.45) is -0.180. The van der Waals surface area contributed by atoms with Crippen LogP contribution in [0.25, 0.3) is 11.4 Å². The Bertz CT molecular complexity index is 1070. The predicted molar refractivity (Wildman–Crippen MR) is 106 cm³/mol. The predicted octanol–water partition coefficient (Wildman–Crippen LogP) is 3.19. The fraction of sp³-hybridized carbons (Fsp3) is 0.250. The lowest BCUT2D eigenvalue weighted by Gasteiger charge is -2.45. The van der Waals surface area contributed by atoms with E-state index in [0.717, 1.165) is 12.1 Å². The van der Waals surface area contributed by atoms with Crippen molar-refractivity contribution < 1.29 is 27.8 Å². The molecule has 1 amide bonds. The fourth-order valence-electron chi connectivity index (χ4n) is 3.29. The van der Waals surface area contributed by atoms with Crippen LogP contribution in [0.15, 0.2) is 48.9 Å². The van der Waals surface area contributed by atoms with Crippen LogP contribution in [-0.2, 0) is 0 Å². The van der Waals surface area contributed by atoms with Crippen LogP contribution in [0.3, 0.4) is 0 Å². The summed E-state index contributed by atoms with van der Waals surface area (Å²) >= 11 is 0. The zero-order chi connectivity index (χ0) is 22.2. The smallest absolute Gasteiger partial charge is 0.406 e. The fourth-order valence-corrected chi connectivity index (χ4v) is 3.29. The molecule has 3 aromatic rings. The molecule has 0 aliphatic carbocycles. The molecule has 4 rings (SSSR count). The first-order valence-electron chi connectivity index (χ1n) is 9.24. The van der Waals surface area contributed by atoms with E-state index < -0.39 is 17.9 Å². The van der Waals surface area contributed by atoms with Crippen molar-refractivity contribution >= 4 is 17.4 Å². The number of hydrogen-bond donors (Lipinski definition) is 3. The molecule has 1 aromatic carbocycles. The molecule has 0 saturated carbocycles. The summed E-state index contributed by atoms with van der Waals surface area (Å²) < 4.78 is 40.6. The number of anilines is 2. The molecule has 0 atom stereocenters. The van der Waals surface area contributed by atoms with E-state index in [1.807, 2.05) is 4.90 Å². The summed E-state index contributed by atoms with van der Waals surface area (Å²) in [5.41, 5.74) is 0.308. The number of β-amino-alcohol motifs (C(OH)–C–C–N with tert-alkyl or cyclic N) is 1. The second-order valence-corrected chi connectivity index (χ2v) is 7.41. The number of aromatic amines is 1. The third-order valence-electron chi connectivity index (χ3n) is 4.59. The number of hydrogen-bond acceptors (Lipinski definition) is 6. The van der Waals surface area contributed by atoms with Crippen molar-refractivity contribution in [2.24, 2.45) is 0 Å². The number of halogens is 3. The van der Waals surface area contributed by atoms with E-state index in [9.17, 15) is 23.1 Å². The summed E-state index contributed by atoms with van der Waals surface area (Å²) in [7, 11) is 0. The maximum Gasteiger partial charge on any atom is 0.573 e. The standard InChI is InChI=1S/C20H18F3N5O3/c1-19(30)10-28(11-19)17-15(16-24-6-7-25-16)8-12(9-26-17)18(29)27-13-2-4-14(5-3-13)31-20(21,22)23/h2-9,30H,10-11H2,1H3,(H,24,25)(H,27,29). The minimum atomic E-state index is -4.79. The molecule has 0 unspecified atom stereocenters. The highest BCUT2D eigenvalue weighted by Gasteiger charge is 2.38. The van der Waals surface area contributed by atoms with Crippen LogP contribution in [0, 0.1) is 0 Å². The molecule has 2 aromatic heterocycles. The maximum atomic E-state index is 12.7. The number of nitrogens with one attached hydrogen (secondary N) is 2. The number of imidazole rings is 1. The molecule has 1 saturated heterocycles. The Morgan fingerprint density at radius 1 is 1.26 bits per heavy atom. The Morgan fingerprint density at radius 2 is 1.97 bits per heavy atom. The van der Waals surface area contributed by atoms with E-state index >= 15 is 0 Å². The van der Waals surface area contributed by atoms with Crippen molar-refractivity contribution in [1.82, 2.24) is 15.0 Å². The van der Waals surface area contributed by atoms with Crippen LogP contribution in [-0.4, -0.2) is 51.0 Å². The molecule has 0 spiro atoms. The van der Waals surface area contributed by atoms with Crippen molar-refractivity contribution in [2.45, 2.75) is 18.9 Å². The second-order valence-electron chi connectivity index (χ2n) is 7.41. The molecule has 1 fully saturated rings. The number of ether oxygens (including phenoxy) is 1. The van der Waals surface area contributed by atoms with Crippen LogP contribution in [0.4, 0.5) is 24.7 Å². The highest BCUT2D eigenvalue weighted by molar-refractivity contribution is 6.05. The zero-order valence-electron chi connectivity index (χ0n) is 16.3. The lowest BCUT2D eigenvalue weighted by molar-refractivity contribution is -0.274. The molecular weight excluding hydrogens is 415 g/mol. The van der Waals surface area contributed by atoms with Crippen molar-refractivity contribution in [2.75, 3.05) is 23.3 Å². The summed E-state index contributed by atoms with van der Waals surface area (Å²) in [6, 6.07) is 6.43. The van der Waals surface area contributed by atoms with Gasteiger partial charge in [-0.15, -0.1) is 13.2 Å². The van der Waals surface area contributed by atoms with Gasteiger partial charge in [-0.25, -0.2) is 9.97 Å². The topological polar surface area (TPSA) is 103 Å². The van der Waals surface area contributed by atoms with Gasteiger partial charge in [0.2, 0.25) is 0 Å². The third kappa shape index (κ3) is 4.77. The maximum absolute atomic E-state index is 12.7. The third-order valence-corrected chi connectivity index (χ3v) is 4.59. The number of carbonyl (C=O) groups excluding carboxylic acids is 1. The van der Waals surface area contributed by atoms with E-state index in [2.05, 4.69) is 25.0 Å². The molecule has 1 aliphatic rings. The normalized spacial score (nSPS) is 15.3. The highest BCUT2D eigenvalue weighted by Crippen LogP contribution is 2.33. The molecule has 3 N–H and O–H groups in total. The van der Waals surface area contributed by atoms with Gasteiger partial charge in [-0.2, -0.15) is 0 Å². The number of carbonyl (C=O) groups is 1. The number of alkyl halides is 3. The highest BCUT2D eigenvalue weighted by atomic mass is 19.4. The van der Waals surface area contributed by atoms with Gasteiger partial charge in [0.15, 0.2) is 0 Å². The molecular formula is C20H18F3N5O3. The van der Waals surface area contributed by atoms with E-state index in [1.165, 1.54) is 18.3 Å². The number of nitrogens with zero attached hydrogens (tertiary/aromatic N) is 3. The number of benzene rings is 1.